The van der Waals surface area contributed by atoms with Crippen LogP contribution in [0.2, 0.25) is 0 Å². The summed E-state index contributed by atoms with van der Waals surface area (Å²) >= 11 is 0. The molecule has 0 saturated carbocycles. The summed E-state index contributed by atoms with van der Waals surface area (Å²) in [7, 11) is 0. The third kappa shape index (κ3) is 5.20. The van der Waals surface area contributed by atoms with E-state index in [1.807, 2.05) is 18.2 Å². The van der Waals surface area contributed by atoms with Crippen molar-refractivity contribution in [2.24, 2.45) is 0 Å². The maximum absolute atomic E-state index is 13.7. The number of esters is 1. The monoisotopic (exact) mass is 411 g/mol. The molecule has 1 atom stereocenters. The van der Waals surface area contributed by atoms with Crippen molar-refractivity contribution >= 4 is 17.6 Å². The van der Waals surface area contributed by atoms with Crippen LogP contribution in [0.4, 0.5) is 14.5 Å². The van der Waals surface area contributed by atoms with Gasteiger partial charge in [-0.15, -0.1) is 0 Å². The van der Waals surface area contributed by atoms with Crippen LogP contribution in [-0.2, 0) is 16.1 Å². The summed E-state index contributed by atoms with van der Waals surface area (Å²) in [5, 5.41) is 2.11. The SMILES string of the molecule is C[C@@H](OC(=O)c1ccccc1COc1ccccc1)C(=O)Nc1c(F)cccc1F. The Hall–Kier alpha value is -3.74. The lowest BCUT2D eigenvalue weighted by molar-refractivity contribution is -0.123. The van der Waals surface area contributed by atoms with E-state index in [0.717, 1.165) is 12.1 Å². The highest BCUT2D eigenvalue weighted by Crippen LogP contribution is 2.19. The molecule has 0 aliphatic carbocycles. The average Bonchev–Trinajstić information content (AvgIpc) is 2.75. The Morgan fingerprint density at radius 3 is 2.23 bits per heavy atom. The predicted octanol–water partition coefficient (Wildman–Crippen LogP) is 4.73. The highest BCUT2D eigenvalue weighted by atomic mass is 19.1. The van der Waals surface area contributed by atoms with E-state index >= 15 is 0 Å². The summed E-state index contributed by atoms with van der Waals surface area (Å²) in [6.07, 6.45) is -1.28. The summed E-state index contributed by atoms with van der Waals surface area (Å²) in [5.74, 6) is -2.82. The van der Waals surface area contributed by atoms with Gasteiger partial charge < -0.3 is 14.8 Å². The molecular weight excluding hydrogens is 392 g/mol. The molecule has 5 nitrogen and oxygen atoms in total. The molecule has 0 aliphatic heterocycles. The van der Waals surface area contributed by atoms with E-state index < -0.39 is 35.3 Å². The number of rotatable bonds is 7. The van der Waals surface area contributed by atoms with Crippen LogP contribution in [0.1, 0.15) is 22.8 Å². The molecule has 1 amide bonds. The fourth-order valence-electron chi connectivity index (χ4n) is 2.64. The molecule has 7 heteroatoms. The van der Waals surface area contributed by atoms with Gasteiger partial charge in [0.15, 0.2) is 6.10 Å². The lowest BCUT2D eigenvalue weighted by atomic mass is 10.1. The lowest BCUT2D eigenvalue weighted by Gasteiger charge is -2.16. The summed E-state index contributed by atoms with van der Waals surface area (Å²) in [6.45, 7) is 1.44. The Labute approximate surface area is 172 Å². The van der Waals surface area contributed by atoms with Crippen molar-refractivity contribution in [3.8, 4) is 5.75 Å². The zero-order chi connectivity index (χ0) is 21.5. The Morgan fingerprint density at radius 1 is 0.900 bits per heavy atom. The van der Waals surface area contributed by atoms with E-state index in [4.69, 9.17) is 9.47 Å². The van der Waals surface area contributed by atoms with Gasteiger partial charge in [0.1, 0.15) is 29.7 Å². The Bertz CT molecular complexity index is 1020. The van der Waals surface area contributed by atoms with E-state index in [2.05, 4.69) is 5.32 Å². The van der Waals surface area contributed by atoms with Gasteiger partial charge in [0, 0.05) is 5.56 Å². The van der Waals surface area contributed by atoms with Crippen LogP contribution >= 0.6 is 0 Å². The van der Waals surface area contributed by atoms with Crippen molar-refractivity contribution < 1.29 is 27.8 Å². The summed E-state index contributed by atoms with van der Waals surface area (Å²) in [6, 6.07) is 18.9. The number of ether oxygens (including phenoxy) is 2. The Kier molecular flexibility index (Phi) is 6.75. The molecule has 0 unspecified atom stereocenters. The minimum atomic E-state index is -1.28. The number of halogens is 2. The lowest BCUT2D eigenvalue weighted by Crippen LogP contribution is -2.31. The summed E-state index contributed by atoms with van der Waals surface area (Å²) < 4.78 is 38.3. The Morgan fingerprint density at radius 2 is 1.53 bits per heavy atom. The molecule has 154 valence electrons. The molecule has 0 bridgehead atoms. The normalized spacial score (nSPS) is 11.4. The van der Waals surface area contributed by atoms with Crippen LogP contribution < -0.4 is 10.1 Å². The van der Waals surface area contributed by atoms with Gasteiger partial charge in [-0.25, -0.2) is 13.6 Å². The second kappa shape index (κ2) is 9.65. The zero-order valence-electron chi connectivity index (χ0n) is 16.1. The van der Waals surface area contributed by atoms with Gasteiger partial charge in [0.2, 0.25) is 0 Å². The first-order chi connectivity index (χ1) is 14.5. The van der Waals surface area contributed by atoms with Crippen molar-refractivity contribution in [3.05, 3.63) is 95.6 Å². The first kappa shape index (κ1) is 21.0. The maximum atomic E-state index is 13.7. The van der Waals surface area contributed by atoms with Crippen LogP contribution in [0.3, 0.4) is 0 Å². The molecule has 0 aliphatic rings. The van der Waals surface area contributed by atoms with Crippen molar-refractivity contribution in [1.82, 2.24) is 0 Å². The standard InChI is InChI=1S/C23H19F2NO4/c1-15(22(27)26-21-19(24)12-7-13-20(21)25)30-23(28)18-11-6-5-8-16(18)14-29-17-9-3-2-4-10-17/h2-13,15H,14H2,1H3,(H,26,27)/t15-/m1/s1. The highest BCUT2D eigenvalue weighted by Gasteiger charge is 2.23. The molecule has 0 heterocycles. The van der Waals surface area contributed by atoms with Crippen molar-refractivity contribution in [3.63, 3.8) is 0 Å². The van der Waals surface area contributed by atoms with Crippen LogP contribution in [0.5, 0.6) is 5.75 Å². The minimum absolute atomic E-state index is 0.121. The molecule has 3 aromatic carbocycles. The number of carbonyl (C=O) groups is 2. The number of anilines is 1. The molecule has 0 spiro atoms. The zero-order valence-corrected chi connectivity index (χ0v) is 16.1. The smallest absolute Gasteiger partial charge is 0.339 e. The Balaban J connectivity index is 1.66. The van der Waals surface area contributed by atoms with Gasteiger partial charge in [-0.1, -0.05) is 42.5 Å². The van der Waals surface area contributed by atoms with Gasteiger partial charge in [-0.3, -0.25) is 4.79 Å². The van der Waals surface area contributed by atoms with E-state index in [-0.39, 0.29) is 12.2 Å². The predicted molar refractivity (Wildman–Crippen MR) is 107 cm³/mol. The maximum Gasteiger partial charge on any atom is 0.339 e. The number of para-hydroxylation sites is 2. The largest absolute Gasteiger partial charge is 0.489 e. The van der Waals surface area contributed by atoms with Crippen molar-refractivity contribution in [2.75, 3.05) is 5.32 Å². The highest BCUT2D eigenvalue weighted by molar-refractivity contribution is 5.98. The van der Waals surface area contributed by atoms with E-state index in [0.29, 0.717) is 11.3 Å². The third-order valence-corrected chi connectivity index (χ3v) is 4.24. The van der Waals surface area contributed by atoms with E-state index in [1.165, 1.54) is 13.0 Å². The summed E-state index contributed by atoms with van der Waals surface area (Å²) in [5.41, 5.74) is 0.200. The summed E-state index contributed by atoms with van der Waals surface area (Å²) in [4.78, 5) is 24.8. The third-order valence-electron chi connectivity index (χ3n) is 4.24. The number of nitrogens with one attached hydrogen (secondary N) is 1. The van der Waals surface area contributed by atoms with Gasteiger partial charge in [0.05, 0.1) is 5.56 Å². The fourth-order valence-corrected chi connectivity index (χ4v) is 2.64. The molecular formula is C23H19F2NO4. The number of hydrogen-bond donors (Lipinski definition) is 1. The van der Waals surface area contributed by atoms with E-state index in [1.54, 1.807) is 36.4 Å². The first-order valence-corrected chi connectivity index (χ1v) is 9.17. The minimum Gasteiger partial charge on any atom is -0.489 e. The molecule has 1 N–H and O–H groups in total. The molecule has 0 radical (unpaired) electrons. The second-order valence-corrected chi connectivity index (χ2v) is 6.39. The molecule has 0 saturated heterocycles. The number of hydrogen-bond acceptors (Lipinski definition) is 4. The van der Waals surface area contributed by atoms with Gasteiger partial charge in [0.25, 0.3) is 5.91 Å². The van der Waals surface area contributed by atoms with Gasteiger partial charge >= 0.3 is 5.97 Å². The number of amides is 1. The average molecular weight is 411 g/mol. The van der Waals surface area contributed by atoms with Crippen LogP contribution in [0.15, 0.2) is 72.8 Å². The van der Waals surface area contributed by atoms with Crippen molar-refractivity contribution in [1.29, 1.82) is 0 Å². The van der Waals surface area contributed by atoms with Gasteiger partial charge in [-0.2, -0.15) is 0 Å². The quantitative estimate of drug-likeness (QED) is 0.571. The van der Waals surface area contributed by atoms with Crippen molar-refractivity contribution in [2.45, 2.75) is 19.6 Å². The second-order valence-electron chi connectivity index (χ2n) is 6.39. The number of benzene rings is 3. The van der Waals surface area contributed by atoms with E-state index in [9.17, 15) is 18.4 Å². The topological polar surface area (TPSA) is 64.6 Å². The number of carbonyl (C=O) groups excluding carboxylic acids is 2. The molecule has 0 fully saturated rings. The van der Waals surface area contributed by atoms with Crippen LogP contribution in [-0.4, -0.2) is 18.0 Å². The fraction of sp³-hybridized carbons (Fsp3) is 0.130. The first-order valence-electron chi connectivity index (χ1n) is 9.17. The molecule has 30 heavy (non-hydrogen) atoms. The molecule has 3 rings (SSSR count). The molecule has 0 aromatic heterocycles. The van der Waals surface area contributed by atoms with Gasteiger partial charge in [-0.05, 0) is 37.3 Å². The van der Waals surface area contributed by atoms with Crippen LogP contribution in [0, 0.1) is 11.6 Å². The molecule has 3 aromatic rings. The van der Waals surface area contributed by atoms with Crippen LogP contribution in [0.25, 0.3) is 0 Å².